The van der Waals surface area contributed by atoms with Crippen LogP contribution in [0.25, 0.3) is 11.1 Å². The number of rotatable bonds is 9. The largest absolute Gasteiger partial charge is 0.384 e. The molecule has 3 atom stereocenters. The van der Waals surface area contributed by atoms with Gasteiger partial charge in [-0.25, -0.2) is 11.4 Å². The van der Waals surface area contributed by atoms with Gasteiger partial charge in [0.1, 0.15) is 17.2 Å². The molecule has 0 aromatic heterocycles. The first-order valence-electron chi connectivity index (χ1n) is 15.2. The quantitative estimate of drug-likeness (QED) is 0.0968. The van der Waals surface area contributed by atoms with Crippen molar-refractivity contribution in [3.05, 3.63) is 93.5 Å². The van der Waals surface area contributed by atoms with Crippen LogP contribution >= 0.6 is 23.2 Å². The molecule has 0 saturated heterocycles. The number of hydrogen-bond donors (Lipinski definition) is 4. The molecule has 6 N–H and O–H groups in total. The number of carbonyl (C=O) groups is 2. The summed E-state index contributed by atoms with van der Waals surface area (Å²) >= 11 is 12.5. The first kappa shape index (κ1) is 32.5. The van der Waals surface area contributed by atoms with Crippen LogP contribution in [-0.4, -0.2) is 40.5 Å². The van der Waals surface area contributed by atoms with Gasteiger partial charge in [0, 0.05) is 21.2 Å². The van der Waals surface area contributed by atoms with E-state index in [2.05, 4.69) is 36.7 Å². The number of carbonyl (C=O) groups excluding carboxylic acids is 2. The van der Waals surface area contributed by atoms with E-state index in [9.17, 15) is 9.59 Å². The minimum atomic E-state index is -0.646. The zero-order valence-electron chi connectivity index (χ0n) is 25.7. The molecule has 1 aliphatic heterocycles. The summed E-state index contributed by atoms with van der Waals surface area (Å²) in [6.07, 6.45) is 3.38. The van der Waals surface area contributed by atoms with E-state index in [1.807, 2.05) is 53.4 Å². The minimum Gasteiger partial charge on any atom is -0.384 e. The molecule has 1 saturated carbocycles. The van der Waals surface area contributed by atoms with E-state index in [0.29, 0.717) is 39.6 Å². The van der Waals surface area contributed by atoms with Crippen LogP contribution in [0.5, 0.6) is 0 Å². The topological polar surface area (TPSA) is 138 Å². The molecule has 11 heteroatoms. The number of hydrazine groups is 1. The van der Waals surface area contributed by atoms with Gasteiger partial charge in [0.05, 0.1) is 12.6 Å². The van der Waals surface area contributed by atoms with E-state index >= 15 is 0 Å². The van der Waals surface area contributed by atoms with Crippen molar-refractivity contribution in [2.75, 3.05) is 6.54 Å². The Morgan fingerprint density at radius 1 is 1.00 bits per heavy atom. The van der Waals surface area contributed by atoms with Crippen LogP contribution in [0.15, 0.2) is 76.8 Å². The highest BCUT2D eigenvalue weighted by atomic mass is 35.5. The number of aliphatic imine (C=N–C) groups is 1. The maximum Gasteiger partial charge on any atom is 0.275 e. The third-order valence-corrected chi connectivity index (χ3v) is 9.03. The van der Waals surface area contributed by atoms with E-state index < -0.39 is 5.66 Å². The highest BCUT2D eigenvalue weighted by molar-refractivity contribution is 6.47. The SMILES string of the molecule is CC[C@H](c1ccc(C(=O)NC/C(N)=N/NN)cc1)N1C(=O)C(c2ccc(-c3cc(Cl)cc(Cl)c3)cc2)=NC12CC(C)CC(C)C2. The van der Waals surface area contributed by atoms with Crippen molar-refractivity contribution in [1.82, 2.24) is 15.8 Å². The average Bonchev–Trinajstić information content (AvgIpc) is 3.26. The summed E-state index contributed by atoms with van der Waals surface area (Å²) in [5, 5.41) is 7.49. The third kappa shape index (κ3) is 7.01. The second kappa shape index (κ2) is 13.6. The molecule has 9 nitrogen and oxygen atoms in total. The number of amidine groups is 1. The molecule has 5 rings (SSSR count). The second-order valence-corrected chi connectivity index (χ2v) is 13.0. The summed E-state index contributed by atoms with van der Waals surface area (Å²) in [5.41, 5.74) is 11.7. The lowest BCUT2D eigenvalue weighted by atomic mass is 9.75. The lowest BCUT2D eigenvalue weighted by Crippen LogP contribution is -2.52. The number of halogens is 2. The van der Waals surface area contributed by atoms with E-state index in [1.165, 1.54) is 0 Å². The van der Waals surface area contributed by atoms with Gasteiger partial charge in [-0.1, -0.05) is 80.4 Å². The Morgan fingerprint density at radius 2 is 1.60 bits per heavy atom. The summed E-state index contributed by atoms with van der Waals surface area (Å²) < 4.78 is 0. The number of amides is 2. The van der Waals surface area contributed by atoms with E-state index in [0.717, 1.165) is 41.5 Å². The molecule has 1 spiro atoms. The Kier molecular flexibility index (Phi) is 9.82. The monoisotopic (exact) mass is 647 g/mol. The highest BCUT2D eigenvalue weighted by Gasteiger charge is 2.52. The summed E-state index contributed by atoms with van der Waals surface area (Å²) in [4.78, 5) is 34.5. The van der Waals surface area contributed by atoms with Crippen molar-refractivity contribution < 1.29 is 9.59 Å². The van der Waals surface area contributed by atoms with E-state index in [-0.39, 0.29) is 30.2 Å². The molecular weight excluding hydrogens is 609 g/mol. The van der Waals surface area contributed by atoms with Gasteiger partial charge in [-0.15, -0.1) is 0 Å². The molecule has 2 unspecified atom stereocenters. The Bertz CT molecular complexity index is 1590. The molecule has 45 heavy (non-hydrogen) atoms. The van der Waals surface area contributed by atoms with Crippen molar-refractivity contribution in [2.24, 2.45) is 33.5 Å². The zero-order valence-corrected chi connectivity index (χ0v) is 27.2. The summed E-state index contributed by atoms with van der Waals surface area (Å²) in [6.45, 7) is 6.62. The van der Waals surface area contributed by atoms with Crippen LogP contribution in [0, 0.1) is 11.8 Å². The molecule has 2 aliphatic rings. The molecule has 1 heterocycles. The van der Waals surface area contributed by atoms with Crippen LogP contribution in [0.1, 0.15) is 74.0 Å². The van der Waals surface area contributed by atoms with E-state index in [4.69, 9.17) is 39.8 Å². The van der Waals surface area contributed by atoms with Crippen molar-refractivity contribution in [3.8, 4) is 11.1 Å². The van der Waals surface area contributed by atoms with Gasteiger partial charge in [0.25, 0.3) is 11.8 Å². The van der Waals surface area contributed by atoms with Gasteiger partial charge >= 0.3 is 0 Å². The van der Waals surface area contributed by atoms with Gasteiger partial charge in [0.2, 0.25) is 0 Å². The van der Waals surface area contributed by atoms with Crippen molar-refractivity contribution in [2.45, 2.75) is 58.2 Å². The Balaban J connectivity index is 1.45. The molecule has 236 valence electrons. The fourth-order valence-electron chi connectivity index (χ4n) is 6.93. The summed E-state index contributed by atoms with van der Waals surface area (Å²) in [5.74, 6) is 5.75. The minimum absolute atomic E-state index is 0.0530. The molecule has 0 radical (unpaired) electrons. The smallest absolute Gasteiger partial charge is 0.275 e. The predicted molar refractivity (Wildman–Crippen MR) is 181 cm³/mol. The Labute approximate surface area is 274 Å². The van der Waals surface area contributed by atoms with Crippen molar-refractivity contribution in [1.29, 1.82) is 0 Å². The highest BCUT2D eigenvalue weighted by Crippen LogP contribution is 2.48. The molecular formula is C34H39Cl2N7O2. The number of nitrogens with one attached hydrogen (secondary N) is 2. The van der Waals surface area contributed by atoms with Crippen molar-refractivity contribution >= 4 is 46.6 Å². The first-order valence-corrected chi connectivity index (χ1v) is 16.0. The summed E-state index contributed by atoms with van der Waals surface area (Å²) in [6, 6.07) is 20.4. The van der Waals surface area contributed by atoms with Crippen LogP contribution in [-0.2, 0) is 4.79 Å². The Hall–Kier alpha value is -3.92. The van der Waals surface area contributed by atoms with Gasteiger partial charge in [-0.2, -0.15) is 5.10 Å². The van der Waals surface area contributed by atoms with Crippen LogP contribution in [0.4, 0.5) is 0 Å². The van der Waals surface area contributed by atoms with Crippen LogP contribution in [0.3, 0.4) is 0 Å². The lowest BCUT2D eigenvalue weighted by Gasteiger charge is -2.47. The first-order chi connectivity index (χ1) is 21.5. The molecule has 1 aliphatic carbocycles. The molecule has 3 aromatic carbocycles. The number of hydrazone groups is 1. The number of nitrogens with zero attached hydrogens (tertiary/aromatic N) is 3. The molecule has 2 amide bonds. The maximum absolute atomic E-state index is 14.4. The van der Waals surface area contributed by atoms with E-state index in [1.54, 1.807) is 18.2 Å². The van der Waals surface area contributed by atoms with Crippen molar-refractivity contribution in [3.63, 3.8) is 0 Å². The predicted octanol–water partition coefficient (Wildman–Crippen LogP) is 6.06. The maximum atomic E-state index is 14.4. The van der Waals surface area contributed by atoms with Gasteiger partial charge in [-0.05, 0) is 84.5 Å². The summed E-state index contributed by atoms with van der Waals surface area (Å²) in [7, 11) is 0. The molecule has 0 bridgehead atoms. The van der Waals surface area contributed by atoms with Gasteiger partial charge in [-0.3, -0.25) is 14.6 Å². The van der Waals surface area contributed by atoms with Gasteiger partial charge in [0.15, 0.2) is 0 Å². The normalized spacial score (nSPS) is 22.4. The average molecular weight is 649 g/mol. The van der Waals surface area contributed by atoms with Crippen LogP contribution < -0.4 is 22.4 Å². The molecule has 1 fully saturated rings. The fourth-order valence-corrected chi connectivity index (χ4v) is 7.46. The standard InChI is InChI=1S/C34H39Cl2N7O2/c1-4-29(23-7-11-25(12-8-23)32(44)39-19-30(37)41-42-38)43-33(45)31(40-34(43)17-20(2)13-21(3)18-34)24-9-5-22(6-10-24)26-14-27(35)16-28(36)15-26/h5-12,14-16,20-21,29,42H,4,13,17-19,38H2,1-3H3,(H2,37,41)(H,39,44)/t20?,21?,29-,34?/m1/s1. The lowest BCUT2D eigenvalue weighted by molar-refractivity contribution is -0.134. The fraction of sp³-hybridized carbons (Fsp3) is 0.353. The number of benzene rings is 3. The van der Waals surface area contributed by atoms with Gasteiger partial charge < -0.3 is 16.0 Å². The Morgan fingerprint density at radius 3 is 2.18 bits per heavy atom. The zero-order chi connectivity index (χ0) is 32.3. The number of hydrogen-bond acceptors (Lipinski definition) is 6. The molecule has 3 aromatic rings. The van der Waals surface area contributed by atoms with Crippen LogP contribution in [0.2, 0.25) is 10.0 Å². The third-order valence-electron chi connectivity index (χ3n) is 8.59. The number of nitrogens with two attached hydrogens (primary N) is 2. The second-order valence-electron chi connectivity index (χ2n) is 12.2.